The Hall–Kier alpha value is -4.00. The maximum Gasteiger partial charge on any atom is 0.251 e. The highest BCUT2D eigenvalue weighted by Crippen LogP contribution is 2.22. The van der Waals surface area contributed by atoms with Gasteiger partial charge in [0.15, 0.2) is 0 Å². The van der Waals surface area contributed by atoms with Crippen LogP contribution in [0.1, 0.15) is 21.6 Å². The minimum absolute atomic E-state index is 0.194. The molecule has 4 aromatic rings. The number of imidazole rings is 1. The lowest BCUT2D eigenvalue weighted by Crippen LogP contribution is -2.22. The van der Waals surface area contributed by atoms with Crippen molar-refractivity contribution in [3.8, 4) is 17.2 Å². The predicted molar refractivity (Wildman–Crippen MR) is 117 cm³/mol. The maximum absolute atomic E-state index is 12.6. The zero-order valence-electron chi connectivity index (χ0n) is 17.4. The normalized spacial score (nSPS) is 10.6. The van der Waals surface area contributed by atoms with Gasteiger partial charge in [0.2, 0.25) is 0 Å². The van der Waals surface area contributed by atoms with E-state index in [2.05, 4.69) is 10.3 Å². The number of ether oxygens (including phenoxy) is 3. The van der Waals surface area contributed by atoms with Crippen LogP contribution in [-0.4, -0.2) is 29.5 Å². The van der Waals surface area contributed by atoms with Gasteiger partial charge in [0.1, 0.15) is 29.5 Å². The molecule has 0 unspecified atom stereocenters. The quantitative estimate of drug-likeness (QED) is 0.471. The van der Waals surface area contributed by atoms with E-state index in [1.807, 2.05) is 53.2 Å². The molecule has 0 bridgehead atoms. The van der Waals surface area contributed by atoms with Crippen LogP contribution in [-0.2, 0) is 13.2 Å². The summed E-state index contributed by atoms with van der Waals surface area (Å²) < 4.78 is 18.3. The van der Waals surface area contributed by atoms with Crippen molar-refractivity contribution in [2.75, 3.05) is 14.2 Å². The monoisotopic (exact) mass is 417 g/mol. The van der Waals surface area contributed by atoms with Crippen LogP contribution in [0.4, 0.5) is 0 Å². The van der Waals surface area contributed by atoms with E-state index >= 15 is 0 Å². The summed E-state index contributed by atoms with van der Waals surface area (Å²) in [6, 6.07) is 18.4. The van der Waals surface area contributed by atoms with Crippen molar-refractivity contribution in [2.45, 2.75) is 13.2 Å². The van der Waals surface area contributed by atoms with Crippen LogP contribution in [0.3, 0.4) is 0 Å². The van der Waals surface area contributed by atoms with Gasteiger partial charge in [-0.3, -0.25) is 4.79 Å². The van der Waals surface area contributed by atoms with E-state index in [4.69, 9.17) is 14.2 Å². The molecule has 7 nitrogen and oxygen atoms in total. The number of benzene rings is 2. The number of nitrogens with zero attached hydrogens (tertiary/aromatic N) is 2. The van der Waals surface area contributed by atoms with Gasteiger partial charge in [0.25, 0.3) is 5.91 Å². The number of fused-ring (bicyclic) bond motifs is 1. The molecule has 158 valence electrons. The molecule has 1 amide bonds. The Labute approximate surface area is 180 Å². The summed E-state index contributed by atoms with van der Waals surface area (Å²) in [6.45, 7) is 0.662. The van der Waals surface area contributed by atoms with Gasteiger partial charge >= 0.3 is 0 Å². The van der Waals surface area contributed by atoms with Crippen molar-refractivity contribution < 1.29 is 19.0 Å². The molecule has 0 spiro atoms. The van der Waals surface area contributed by atoms with Gasteiger partial charge in [-0.25, -0.2) is 4.98 Å². The number of hydrogen-bond donors (Lipinski definition) is 1. The molecule has 0 atom stereocenters. The Morgan fingerprint density at radius 1 is 0.968 bits per heavy atom. The molecule has 4 rings (SSSR count). The average molecular weight is 417 g/mol. The van der Waals surface area contributed by atoms with Crippen molar-refractivity contribution in [3.63, 3.8) is 0 Å². The number of carbonyl (C=O) groups excluding carboxylic acids is 1. The van der Waals surface area contributed by atoms with Crippen LogP contribution in [0, 0.1) is 0 Å². The molecule has 0 aliphatic heterocycles. The SMILES string of the molecule is COc1cc(CNC(=O)c2cccc(OCc3cn4ccccc4n3)c2)cc(OC)c1. The lowest BCUT2D eigenvalue weighted by atomic mass is 10.1. The van der Waals surface area contributed by atoms with Gasteiger partial charge in [0, 0.05) is 30.6 Å². The lowest BCUT2D eigenvalue weighted by Gasteiger charge is -2.10. The summed E-state index contributed by atoms with van der Waals surface area (Å²) in [7, 11) is 3.18. The molecule has 2 aromatic heterocycles. The maximum atomic E-state index is 12.6. The lowest BCUT2D eigenvalue weighted by molar-refractivity contribution is 0.0950. The molecule has 7 heteroatoms. The Kier molecular flexibility index (Phi) is 6.03. The van der Waals surface area contributed by atoms with E-state index in [9.17, 15) is 4.79 Å². The molecular formula is C24H23N3O4. The molecule has 0 radical (unpaired) electrons. The first kappa shape index (κ1) is 20.3. The number of carbonyl (C=O) groups is 1. The molecule has 2 heterocycles. The highest BCUT2D eigenvalue weighted by molar-refractivity contribution is 5.94. The smallest absolute Gasteiger partial charge is 0.251 e. The summed E-state index contributed by atoms with van der Waals surface area (Å²) >= 11 is 0. The highest BCUT2D eigenvalue weighted by atomic mass is 16.5. The number of methoxy groups -OCH3 is 2. The summed E-state index contributed by atoms with van der Waals surface area (Å²) in [5.74, 6) is 1.75. The van der Waals surface area contributed by atoms with Crippen LogP contribution in [0.5, 0.6) is 17.2 Å². The zero-order chi connectivity index (χ0) is 21.6. The molecule has 0 aliphatic carbocycles. The van der Waals surface area contributed by atoms with Crippen LogP contribution < -0.4 is 19.5 Å². The molecular weight excluding hydrogens is 394 g/mol. The molecule has 0 fully saturated rings. The van der Waals surface area contributed by atoms with E-state index in [-0.39, 0.29) is 5.91 Å². The minimum atomic E-state index is -0.194. The number of rotatable bonds is 8. The first-order chi connectivity index (χ1) is 15.1. The standard InChI is InChI=1S/C24H23N3O4/c1-29-21-10-17(11-22(13-21)30-2)14-25-24(28)18-6-5-7-20(12-18)31-16-19-15-27-9-4-3-8-23(27)26-19/h3-13,15H,14,16H2,1-2H3,(H,25,28). The van der Waals surface area contributed by atoms with Crippen LogP contribution in [0.25, 0.3) is 5.65 Å². The van der Waals surface area contributed by atoms with E-state index < -0.39 is 0 Å². The molecule has 31 heavy (non-hydrogen) atoms. The third-order valence-corrected chi connectivity index (χ3v) is 4.76. The average Bonchev–Trinajstić information content (AvgIpc) is 3.24. The minimum Gasteiger partial charge on any atom is -0.497 e. The topological polar surface area (TPSA) is 74.1 Å². The largest absolute Gasteiger partial charge is 0.497 e. The number of hydrogen-bond acceptors (Lipinski definition) is 5. The van der Waals surface area contributed by atoms with Crippen molar-refractivity contribution in [1.29, 1.82) is 0 Å². The summed E-state index contributed by atoms with van der Waals surface area (Å²) in [6.07, 6.45) is 3.86. The van der Waals surface area contributed by atoms with Gasteiger partial charge < -0.3 is 23.9 Å². The van der Waals surface area contributed by atoms with Gasteiger partial charge in [-0.1, -0.05) is 12.1 Å². The van der Waals surface area contributed by atoms with Crippen molar-refractivity contribution in [1.82, 2.24) is 14.7 Å². The van der Waals surface area contributed by atoms with Gasteiger partial charge in [-0.05, 0) is 48.0 Å². The second-order valence-electron chi connectivity index (χ2n) is 6.92. The van der Waals surface area contributed by atoms with Crippen molar-refractivity contribution in [3.05, 3.63) is 89.9 Å². The first-order valence-corrected chi connectivity index (χ1v) is 9.80. The second-order valence-corrected chi connectivity index (χ2v) is 6.92. The Morgan fingerprint density at radius 2 is 1.77 bits per heavy atom. The molecule has 1 N–H and O–H groups in total. The Balaban J connectivity index is 1.38. The fraction of sp³-hybridized carbons (Fsp3) is 0.167. The number of aromatic nitrogens is 2. The highest BCUT2D eigenvalue weighted by Gasteiger charge is 2.09. The molecule has 0 saturated heterocycles. The Morgan fingerprint density at radius 3 is 2.52 bits per heavy atom. The summed E-state index contributed by atoms with van der Waals surface area (Å²) in [4.78, 5) is 17.1. The third-order valence-electron chi connectivity index (χ3n) is 4.76. The predicted octanol–water partition coefficient (Wildman–Crippen LogP) is 3.86. The summed E-state index contributed by atoms with van der Waals surface area (Å²) in [5, 5.41) is 2.92. The second kappa shape index (κ2) is 9.21. The van der Waals surface area contributed by atoms with Gasteiger partial charge in [-0.15, -0.1) is 0 Å². The van der Waals surface area contributed by atoms with E-state index in [0.717, 1.165) is 16.9 Å². The van der Waals surface area contributed by atoms with Crippen LogP contribution in [0.15, 0.2) is 73.1 Å². The van der Waals surface area contributed by atoms with Crippen molar-refractivity contribution >= 4 is 11.6 Å². The van der Waals surface area contributed by atoms with Gasteiger partial charge in [-0.2, -0.15) is 0 Å². The van der Waals surface area contributed by atoms with Gasteiger partial charge in [0.05, 0.1) is 19.9 Å². The number of amides is 1. The first-order valence-electron chi connectivity index (χ1n) is 9.80. The zero-order valence-corrected chi connectivity index (χ0v) is 17.4. The summed E-state index contributed by atoms with van der Waals surface area (Å²) in [5.41, 5.74) is 3.07. The molecule has 2 aromatic carbocycles. The Bertz CT molecular complexity index is 1150. The fourth-order valence-electron chi connectivity index (χ4n) is 3.19. The van der Waals surface area contributed by atoms with E-state index in [1.165, 1.54) is 0 Å². The molecule has 0 saturated carbocycles. The van der Waals surface area contributed by atoms with Crippen LogP contribution >= 0.6 is 0 Å². The number of pyridine rings is 1. The number of nitrogens with one attached hydrogen (secondary N) is 1. The van der Waals surface area contributed by atoms with E-state index in [0.29, 0.717) is 36.0 Å². The van der Waals surface area contributed by atoms with E-state index in [1.54, 1.807) is 38.5 Å². The van der Waals surface area contributed by atoms with Crippen LogP contribution in [0.2, 0.25) is 0 Å². The van der Waals surface area contributed by atoms with Crippen molar-refractivity contribution in [2.24, 2.45) is 0 Å². The fourth-order valence-corrected chi connectivity index (χ4v) is 3.19. The third kappa shape index (κ3) is 4.95. The molecule has 0 aliphatic rings.